The number of aromatic nitrogens is 1. The third-order valence-electron chi connectivity index (χ3n) is 5.31. The van der Waals surface area contributed by atoms with Crippen LogP contribution >= 0.6 is 0 Å². The Labute approximate surface area is 170 Å². The standard InChI is InChI=1S/C24H24N2O3/c1-15(2)16-8-3-5-11-19(16)26-22(27)14-29-24(28)23-17-9-4-6-12-20(17)25-21-13-7-10-18(21)23/h3-6,8-9,11-12,15H,7,10,13-14H2,1-2H3,(H,26,27). The highest BCUT2D eigenvalue weighted by Gasteiger charge is 2.25. The number of carbonyl (C=O) groups is 2. The minimum atomic E-state index is -0.464. The molecule has 1 heterocycles. The lowest BCUT2D eigenvalue weighted by Crippen LogP contribution is -2.22. The van der Waals surface area contributed by atoms with Crippen LogP contribution in [0.25, 0.3) is 10.9 Å². The Kier molecular flexibility index (Phi) is 5.30. The van der Waals surface area contributed by atoms with Crippen LogP contribution in [0, 0.1) is 0 Å². The summed E-state index contributed by atoms with van der Waals surface area (Å²) >= 11 is 0. The normalized spacial score (nSPS) is 12.8. The van der Waals surface area contributed by atoms with E-state index in [0.717, 1.165) is 52.7 Å². The Morgan fingerprint density at radius 1 is 1.07 bits per heavy atom. The topological polar surface area (TPSA) is 68.3 Å². The molecule has 0 atom stereocenters. The van der Waals surface area contributed by atoms with Crippen molar-refractivity contribution in [2.75, 3.05) is 11.9 Å². The average molecular weight is 388 g/mol. The molecule has 0 unspecified atom stereocenters. The Bertz CT molecular complexity index is 1090. The van der Waals surface area contributed by atoms with Crippen LogP contribution in [0.1, 0.15) is 53.4 Å². The van der Waals surface area contributed by atoms with Crippen molar-refractivity contribution in [3.63, 3.8) is 0 Å². The molecule has 1 amide bonds. The Morgan fingerprint density at radius 3 is 2.66 bits per heavy atom. The van der Waals surface area contributed by atoms with E-state index in [2.05, 4.69) is 24.1 Å². The maximum Gasteiger partial charge on any atom is 0.339 e. The van der Waals surface area contributed by atoms with Gasteiger partial charge >= 0.3 is 5.97 Å². The first kappa shape index (κ1) is 19.1. The molecule has 4 rings (SSSR count). The molecule has 1 aromatic heterocycles. The van der Waals surface area contributed by atoms with Crippen molar-refractivity contribution < 1.29 is 14.3 Å². The minimum absolute atomic E-state index is 0.278. The van der Waals surface area contributed by atoms with E-state index in [4.69, 9.17) is 4.74 Å². The van der Waals surface area contributed by atoms with Gasteiger partial charge < -0.3 is 10.1 Å². The quantitative estimate of drug-likeness (QED) is 0.647. The maximum absolute atomic E-state index is 12.9. The van der Waals surface area contributed by atoms with Gasteiger partial charge in [0.05, 0.1) is 11.1 Å². The number of pyridine rings is 1. The molecule has 5 nitrogen and oxygen atoms in total. The molecule has 1 N–H and O–H groups in total. The van der Waals surface area contributed by atoms with Gasteiger partial charge in [0.25, 0.3) is 5.91 Å². The predicted octanol–water partition coefficient (Wildman–Crippen LogP) is 4.64. The van der Waals surface area contributed by atoms with E-state index in [1.807, 2.05) is 48.5 Å². The highest BCUT2D eigenvalue weighted by Crippen LogP contribution is 2.30. The van der Waals surface area contributed by atoms with Gasteiger partial charge in [-0.2, -0.15) is 0 Å². The van der Waals surface area contributed by atoms with E-state index in [1.165, 1.54) is 0 Å². The number of nitrogens with one attached hydrogen (secondary N) is 1. The number of carbonyl (C=O) groups excluding carboxylic acids is 2. The zero-order chi connectivity index (χ0) is 20.4. The summed E-state index contributed by atoms with van der Waals surface area (Å²) in [5.74, 6) is -0.532. The number of nitrogens with zero attached hydrogens (tertiary/aromatic N) is 1. The maximum atomic E-state index is 12.9. The molecule has 0 fully saturated rings. The lowest BCUT2D eigenvalue weighted by molar-refractivity contribution is -0.119. The summed E-state index contributed by atoms with van der Waals surface area (Å²) in [5, 5.41) is 3.64. The van der Waals surface area contributed by atoms with Gasteiger partial charge in [-0.25, -0.2) is 4.79 Å². The van der Waals surface area contributed by atoms with Crippen LogP contribution in [-0.2, 0) is 22.4 Å². The molecule has 0 saturated heterocycles. The number of hydrogen-bond acceptors (Lipinski definition) is 4. The molecule has 5 heteroatoms. The average Bonchev–Trinajstić information content (AvgIpc) is 3.18. The molecular weight excluding hydrogens is 364 g/mol. The zero-order valence-corrected chi connectivity index (χ0v) is 16.7. The van der Waals surface area contributed by atoms with Crippen molar-refractivity contribution in [2.45, 2.75) is 39.0 Å². The molecule has 1 aliphatic carbocycles. The monoisotopic (exact) mass is 388 g/mol. The molecular formula is C24H24N2O3. The first-order valence-electron chi connectivity index (χ1n) is 10.0. The van der Waals surface area contributed by atoms with Gasteiger partial charge in [0.15, 0.2) is 6.61 Å². The zero-order valence-electron chi connectivity index (χ0n) is 16.7. The lowest BCUT2D eigenvalue weighted by atomic mass is 10.0. The Hall–Kier alpha value is -3.21. The summed E-state index contributed by atoms with van der Waals surface area (Å²) in [6.07, 6.45) is 2.66. The summed E-state index contributed by atoms with van der Waals surface area (Å²) in [7, 11) is 0. The second kappa shape index (κ2) is 8.03. The fourth-order valence-electron chi connectivity index (χ4n) is 3.95. The molecule has 148 valence electrons. The second-order valence-electron chi connectivity index (χ2n) is 7.65. The fraction of sp³-hybridized carbons (Fsp3) is 0.292. The van der Waals surface area contributed by atoms with Gasteiger partial charge in [-0.1, -0.05) is 50.2 Å². The largest absolute Gasteiger partial charge is 0.452 e. The molecule has 2 aromatic carbocycles. The van der Waals surface area contributed by atoms with Crippen molar-refractivity contribution in [1.29, 1.82) is 0 Å². The summed E-state index contributed by atoms with van der Waals surface area (Å²) in [6.45, 7) is 3.82. The van der Waals surface area contributed by atoms with Crippen LogP contribution in [-0.4, -0.2) is 23.5 Å². The number of rotatable bonds is 5. The van der Waals surface area contributed by atoms with Crippen LogP contribution < -0.4 is 5.32 Å². The molecule has 3 aromatic rings. The first-order chi connectivity index (χ1) is 14.0. The van der Waals surface area contributed by atoms with E-state index in [0.29, 0.717) is 5.56 Å². The van der Waals surface area contributed by atoms with Crippen LogP contribution in [0.2, 0.25) is 0 Å². The molecule has 0 saturated carbocycles. The number of aryl methyl sites for hydroxylation is 1. The third kappa shape index (κ3) is 3.86. The number of ether oxygens (including phenoxy) is 1. The third-order valence-corrected chi connectivity index (χ3v) is 5.31. The predicted molar refractivity (Wildman–Crippen MR) is 113 cm³/mol. The van der Waals surface area contributed by atoms with Gasteiger partial charge in [-0.3, -0.25) is 9.78 Å². The molecule has 0 aliphatic heterocycles. The highest BCUT2D eigenvalue weighted by atomic mass is 16.5. The Morgan fingerprint density at radius 2 is 1.83 bits per heavy atom. The molecule has 0 radical (unpaired) electrons. The second-order valence-corrected chi connectivity index (χ2v) is 7.65. The van der Waals surface area contributed by atoms with Crippen LogP contribution in [0.5, 0.6) is 0 Å². The highest BCUT2D eigenvalue weighted by molar-refractivity contribution is 6.06. The SMILES string of the molecule is CC(C)c1ccccc1NC(=O)COC(=O)c1c2c(nc3ccccc13)CCC2. The smallest absolute Gasteiger partial charge is 0.339 e. The van der Waals surface area contributed by atoms with Crippen molar-refractivity contribution in [3.05, 3.63) is 70.9 Å². The van der Waals surface area contributed by atoms with Crippen LogP contribution in [0.3, 0.4) is 0 Å². The van der Waals surface area contributed by atoms with Crippen LogP contribution in [0.15, 0.2) is 48.5 Å². The number of anilines is 1. The van der Waals surface area contributed by atoms with Crippen molar-refractivity contribution in [1.82, 2.24) is 4.98 Å². The summed E-state index contributed by atoms with van der Waals surface area (Å²) in [5.41, 5.74) is 5.06. The number of amides is 1. The fourth-order valence-corrected chi connectivity index (χ4v) is 3.95. The van der Waals surface area contributed by atoms with E-state index in [1.54, 1.807) is 0 Å². The number of fused-ring (bicyclic) bond motifs is 2. The molecule has 0 bridgehead atoms. The first-order valence-corrected chi connectivity index (χ1v) is 10.0. The van der Waals surface area contributed by atoms with Gasteiger partial charge in [-0.15, -0.1) is 0 Å². The summed E-state index contributed by atoms with van der Waals surface area (Å²) < 4.78 is 5.42. The van der Waals surface area contributed by atoms with Gasteiger partial charge in [0, 0.05) is 16.8 Å². The van der Waals surface area contributed by atoms with E-state index in [-0.39, 0.29) is 18.4 Å². The summed E-state index contributed by atoms with van der Waals surface area (Å²) in [6, 6.07) is 15.2. The van der Waals surface area contributed by atoms with Gasteiger partial charge in [0.1, 0.15) is 0 Å². The van der Waals surface area contributed by atoms with Crippen LogP contribution in [0.4, 0.5) is 5.69 Å². The number of hydrogen-bond donors (Lipinski definition) is 1. The number of esters is 1. The van der Waals surface area contributed by atoms with E-state index in [9.17, 15) is 9.59 Å². The van der Waals surface area contributed by atoms with Gasteiger partial charge in [-0.05, 0) is 48.4 Å². The van der Waals surface area contributed by atoms with Gasteiger partial charge in [0.2, 0.25) is 0 Å². The number of benzene rings is 2. The molecule has 29 heavy (non-hydrogen) atoms. The van der Waals surface area contributed by atoms with Crippen molar-refractivity contribution in [3.8, 4) is 0 Å². The van der Waals surface area contributed by atoms with E-state index >= 15 is 0 Å². The molecule has 1 aliphatic rings. The number of para-hydroxylation sites is 2. The van der Waals surface area contributed by atoms with Crippen molar-refractivity contribution in [2.24, 2.45) is 0 Å². The van der Waals surface area contributed by atoms with Crippen molar-refractivity contribution >= 4 is 28.5 Å². The molecule has 0 spiro atoms. The van der Waals surface area contributed by atoms with E-state index < -0.39 is 5.97 Å². The Balaban J connectivity index is 1.52. The lowest BCUT2D eigenvalue weighted by Gasteiger charge is -2.14. The minimum Gasteiger partial charge on any atom is -0.452 e. The summed E-state index contributed by atoms with van der Waals surface area (Å²) in [4.78, 5) is 30.0.